The first-order chi connectivity index (χ1) is 9.60. The first-order valence-electron chi connectivity index (χ1n) is 6.53. The van der Waals surface area contributed by atoms with E-state index in [9.17, 15) is 4.39 Å². The Morgan fingerprint density at radius 3 is 2.70 bits per heavy atom. The molecule has 0 heterocycles. The number of hydrogen-bond donors (Lipinski definition) is 1. The zero-order valence-corrected chi connectivity index (χ0v) is 13.5. The predicted molar refractivity (Wildman–Crippen MR) is 85.7 cm³/mol. The minimum absolute atomic E-state index is 0.0634. The van der Waals surface area contributed by atoms with Crippen LogP contribution in [0.5, 0.6) is 0 Å². The molecule has 0 aliphatic rings. The van der Waals surface area contributed by atoms with Gasteiger partial charge in [0.1, 0.15) is 5.82 Å². The fraction of sp³-hybridized carbons (Fsp3) is 0.250. The van der Waals surface area contributed by atoms with E-state index < -0.39 is 0 Å². The van der Waals surface area contributed by atoms with Crippen LogP contribution in [0.3, 0.4) is 0 Å². The van der Waals surface area contributed by atoms with Crippen molar-refractivity contribution in [2.24, 2.45) is 0 Å². The summed E-state index contributed by atoms with van der Waals surface area (Å²) < 4.78 is 14.9. The fourth-order valence-corrected chi connectivity index (χ4v) is 2.77. The molecule has 0 saturated carbocycles. The maximum Gasteiger partial charge on any atom is 0.129 e. The molecule has 1 nitrogen and oxygen atoms in total. The van der Waals surface area contributed by atoms with Gasteiger partial charge in [-0.3, -0.25) is 0 Å². The van der Waals surface area contributed by atoms with Gasteiger partial charge in [0.25, 0.3) is 0 Å². The van der Waals surface area contributed by atoms with E-state index in [4.69, 9.17) is 11.6 Å². The van der Waals surface area contributed by atoms with Crippen molar-refractivity contribution in [3.8, 4) is 0 Å². The standard InChI is InChI=1S/C16H16BrClFN/c1-2-20-16(9-11-4-3-5-13(18)8-11)14-7-6-12(17)10-15(14)19/h3-8,10,16,20H,2,9H2,1H3. The van der Waals surface area contributed by atoms with Crippen LogP contribution in [0.4, 0.5) is 4.39 Å². The highest BCUT2D eigenvalue weighted by Crippen LogP contribution is 2.25. The number of hydrogen-bond acceptors (Lipinski definition) is 1. The Hall–Kier alpha value is -0.900. The van der Waals surface area contributed by atoms with Crippen LogP contribution < -0.4 is 5.32 Å². The van der Waals surface area contributed by atoms with E-state index in [0.29, 0.717) is 17.0 Å². The topological polar surface area (TPSA) is 12.0 Å². The molecule has 0 aliphatic carbocycles. The molecule has 1 unspecified atom stereocenters. The van der Waals surface area contributed by atoms with Gasteiger partial charge in [0.05, 0.1) is 0 Å². The van der Waals surface area contributed by atoms with Crippen LogP contribution in [0.1, 0.15) is 24.1 Å². The third kappa shape index (κ3) is 4.05. The Morgan fingerprint density at radius 2 is 2.05 bits per heavy atom. The van der Waals surface area contributed by atoms with Crippen molar-refractivity contribution in [3.63, 3.8) is 0 Å². The molecule has 2 rings (SSSR count). The first-order valence-corrected chi connectivity index (χ1v) is 7.70. The van der Waals surface area contributed by atoms with Crippen LogP contribution in [0.2, 0.25) is 5.02 Å². The minimum Gasteiger partial charge on any atom is -0.310 e. The van der Waals surface area contributed by atoms with E-state index in [2.05, 4.69) is 21.2 Å². The number of nitrogens with one attached hydrogen (secondary N) is 1. The SMILES string of the molecule is CCNC(Cc1cccc(Cl)c1)c1ccc(Br)cc1F. The van der Waals surface area contributed by atoms with Crippen molar-refractivity contribution in [1.29, 1.82) is 0 Å². The highest BCUT2D eigenvalue weighted by atomic mass is 79.9. The smallest absolute Gasteiger partial charge is 0.129 e. The third-order valence-corrected chi connectivity index (χ3v) is 3.85. The Kier molecular flexibility index (Phi) is 5.58. The first kappa shape index (κ1) is 15.5. The molecule has 2 aromatic rings. The van der Waals surface area contributed by atoms with Gasteiger partial charge in [-0.1, -0.05) is 52.7 Å². The fourth-order valence-electron chi connectivity index (χ4n) is 2.22. The molecule has 0 aromatic heterocycles. The molecule has 0 spiro atoms. The molecular weight excluding hydrogens is 341 g/mol. The lowest BCUT2D eigenvalue weighted by Crippen LogP contribution is -2.24. The molecule has 2 aromatic carbocycles. The lowest BCUT2D eigenvalue weighted by molar-refractivity contribution is 0.509. The van der Waals surface area contributed by atoms with Crippen LogP contribution >= 0.6 is 27.5 Å². The second-order valence-electron chi connectivity index (χ2n) is 4.61. The van der Waals surface area contributed by atoms with Crippen molar-refractivity contribution < 1.29 is 4.39 Å². The summed E-state index contributed by atoms with van der Waals surface area (Å²) in [6.07, 6.45) is 0.701. The second kappa shape index (κ2) is 7.21. The largest absolute Gasteiger partial charge is 0.310 e. The molecule has 0 bridgehead atoms. The molecular formula is C16H16BrClFN. The quantitative estimate of drug-likeness (QED) is 0.782. The summed E-state index contributed by atoms with van der Waals surface area (Å²) in [7, 11) is 0. The number of halogens is 3. The van der Waals surface area contributed by atoms with Crippen LogP contribution in [0.15, 0.2) is 46.9 Å². The van der Waals surface area contributed by atoms with Gasteiger partial charge in [0.15, 0.2) is 0 Å². The third-order valence-electron chi connectivity index (χ3n) is 3.12. The van der Waals surface area contributed by atoms with Crippen LogP contribution in [-0.2, 0) is 6.42 Å². The van der Waals surface area contributed by atoms with Crippen molar-refractivity contribution in [2.75, 3.05) is 6.54 Å². The summed E-state index contributed by atoms with van der Waals surface area (Å²) in [6, 6.07) is 12.8. The summed E-state index contributed by atoms with van der Waals surface area (Å²) >= 11 is 9.29. The van der Waals surface area contributed by atoms with E-state index in [1.165, 1.54) is 6.07 Å². The van der Waals surface area contributed by atoms with Gasteiger partial charge in [0.2, 0.25) is 0 Å². The van der Waals surface area contributed by atoms with Gasteiger partial charge in [-0.25, -0.2) is 4.39 Å². The molecule has 20 heavy (non-hydrogen) atoms. The van der Waals surface area contributed by atoms with Crippen LogP contribution in [-0.4, -0.2) is 6.54 Å². The lowest BCUT2D eigenvalue weighted by atomic mass is 9.98. The van der Waals surface area contributed by atoms with Gasteiger partial charge in [0, 0.05) is 21.1 Å². The molecule has 0 radical (unpaired) electrons. The molecule has 0 fully saturated rings. The van der Waals surface area contributed by atoms with Gasteiger partial charge in [-0.15, -0.1) is 0 Å². The lowest BCUT2D eigenvalue weighted by Gasteiger charge is -2.19. The zero-order valence-electron chi connectivity index (χ0n) is 11.2. The number of benzene rings is 2. The van der Waals surface area contributed by atoms with E-state index >= 15 is 0 Å². The molecule has 106 valence electrons. The van der Waals surface area contributed by atoms with Gasteiger partial charge in [-0.2, -0.15) is 0 Å². The summed E-state index contributed by atoms with van der Waals surface area (Å²) in [6.45, 7) is 2.79. The Labute approximate surface area is 132 Å². The highest BCUT2D eigenvalue weighted by Gasteiger charge is 2.15. The second-order valence-corrected chi connectivity index (χ2v) is 5.96. The van der Waals surface area contributed by atoms with Crippen molar-refractivity contribution in [2.45, 2.75) is 19.4 Å². The number of likely N-dealkylation sites (N-methyl/N-ethyl adjacent to an activating group) is 1. The van der Waals surface area contributed by atoms with Crippen molar-refractivity contribution >= 4 is 27.5 Å². The maximum absolute atomic E-state index is 14.1. The zero-order chi connectivity index (χ0) is 14.5. The summed E-state index contributed by atoms with van der Waals surface area (Å²) in [5.74, 6) is -0.202. The predicted octanol–water partition coefficient (Wildman–Crippen LogP) is 5.13. The molecule has 4 heteroatoms. The van der Waals surface area contributed by atoms with E-state index in [0.717, 1.165) is 16.6 Å². The summed E-state index contributed by atoms with van der Waals surface area (Å²) in [4.78, 5) is 0. The molecule has 0 saturated heterocycles. The Bertz CT molecular complexity index is 588. The highest BCUT2D eigenvalue weighted by molar-refractivity contribution is 9.10. The Balaban J connectivity index is 2.26. The van der Waals surface area contributed by atoms with E-state index in [-0.39, 0.29) is 11.9 Å². The van der Waals surface area contributed by atoms with E-state index in [1.807, 2.05) is 43.3 Å². The molecule has 1 N–H and O–H groups in total. The summed E-state index contributed by atoms with van der Waals surface area (Å²) in [5.41, 5.74) is 1.76. The van der Waals surface area contributed by atoms with Gasteiger partial charge < -0.3 is 5.32 Å². The average molecular weight is 357 g/mol. The maximum atomic E-state index is 14.1. The van der Waals surface area contributed by atoms with Crippen LogP contribution in [0, 0.1) is 5.82 Å². The van der Waals surface area contributed by atoms with Crippen LogP contribution in [0.25, 0.3) is 0 Å². The Morgan fingerprint density at radius 1 is 1.25 bits per heavy atom. The average Bonchev–Trinajstić information content (AvgIpc) is 2.38. The van der Waals surface area contributed by atoms with Gasteiger partial charge >= 0.3 is 0 Å². The monoisotopic (exact) mass is 355 g/mol. The van der Waals surface area contributed by atoms with Crippen molar-refractivity contribution in [3.05, 3.63) is 68.9 Å². The molecule has 1 atom stereocenters. The van der Waals surface area contributed by atoms with Crippen molar-refractivity contribution in [1.82, 2.24) is 5.32 Å². The molecule has 0 amide bonds. The van der Waals surface area contributed by atoms with E-state index in [1.54, 1.807) is 0 Å². The van der Waals surface area contributed by atoms with Gasteiger partial charge in [-0.05, 0) is 42.8 Å². The summed E-state index contributed by atoms with van der Waals surface area (Å²) in [5, 5.41) is 4.03. The normalized spacial score (nSPS) is 12.4. The minimum atomic E-state index is -0.202. The molecule has 0 aliphatic heterocycles. The number of rotatable bonds is 5.